The smallest absolute Gasteiger partial charge is 0.192 e. The van der Waals surface area contributed by atoms with Crippen LogP contribution in [-0.4, -0.2) is 56.7 Å². The zero-order chi connectivity index (χ0) is 30.9. The average Bonchev–Trinajstić information content (AvgIpc) is 3.00. The van der Waals surface area contributed by atoms with Crippen LogP contribution in [0.1, 0.15) is 37.5 Å². The molecule has 0 radical (unpaired) electrons. The lowest BCUT2D eigenvalue weighted by molar-refractivity contribution is -0.267. The van der Waals surface area contributed by atoms with E-state index in [1.165, 1.54) is 0 Å². The van der Waals surface area contributed by atoms with Crippen molar-refractivity contribution in [2.45, 2.75) is 95.3 Å². The van der Waals surface area contributed by atoms with Crippen LogP contribution < -0.4 is 0 Å². The molecule has 6 atom stereocenters. The van der Waals surface area contributed by atoms with Gasteiger partial charge in [-0.05, 0) is 34.8 Å². The van der Waals surface area contributed by atoms with E-state index in [2.05, 4.69) is 40.4 Å². The molecule has 0 amide bonds. The quantitative estimate of drug-likeness (QED) is 0.157. The Balaban J connectivity index is 1.73. The molecule has 232 valence electrons. The van der Waals surface area contributed by atoms with Crippen molar-refractivity contribution in [2.75, 3.05) is 6.61 Å². The predicted molar refractivity (Wildman–Crippen MR) is 173 cm³/mol. The van der Waals surface area contributed by atoms with Crippen LogP contribution in [0.2, 0.25) is 18.1 Å². The fourth-order valence-corrected chi connectivity index (χ4v) is 6.34. The predicted octanol–water partition coefficient (Wildman–Crippen LogP) is 7.08. The summed E-state index contributed by atoms with van der Waals surface area (Å²) in [6, 6.07) is 30.0. The summed E-state index contributed by atoms with van der Waals surface area (Å²) in [7, 11) is -2.36. The van der Waals surface area contributed by atoms with Crippen molar-refractivity contribution in [3.63, 3.8) is 0 Å². The summed E-state index contributed by atoms with van der Waals surface area (Å²) in [6.45, 7) is 16.1. The number of rotatable bonds is 14. The Labute approximate surface area is 258 Å². The second-order valence-electron chi connectivity index (χ2n) is 12.7. The molecule has 1 aliphatic rings. The zero-order valence-electron chi connectivity index (χ0n) is 26.2. The van der Waals surface area contributed by atoms with Gasteiger partial charge in [0.15, 0.2) is 8.32 Å². The third-order valence-corrected chi connectivity index (χ3v) is 12.9. The summed E-state index contributed by atoms with van der Waals surface area (Å²) < 4.78 is 33.3. The van der Waals surface area contributed by atoms with Crippen LogP contribution >= 0.6 is 0 Å². The van der Waals surface area contributed by atoms with Crippen molar-refractivity contribution in [3.8, 4) is 0 Å². The van der Waals surface area contributed by atoms with Gasteiger partial charge >= 0.3 is 0 Å². The van der Waals surface area contributed by atoms with Crippen LogP contribution in [0.3, 0.4) is 0 Å². The molecule has 1 saturated carbocycles. The molecule has 0 heterocycles. The Morgan fingerprint density at radius 1 is 0.628 bits per heavy atom. The SMILES string of the molecule is C=CCO[C@H]1[C@@H](OCc2ccccc2)[C@@H](OCc2ccccc2)[C@@H](OCc2ccccc2)[C@@H](O)[C@H]1O[Si](C)(C)C(C)(C)C. The topological polar surface area (TPSA) is 66.4 Å². The van der Waals surface area contributed by atoms with Crippen LogP contribution in [-0.2, 0) is 43.2 Å². The van der Waals surface area contributed by atoms with Gasteiger partial charge in [-0.15, -0.1) is 6.58 Å². The highest BCUT2D eigenvalue weighted by molar-refractivity contribution is 6.74. The Bertz CT molecular complexity index is 1230. The first kappa shape index (κ1) is 33.3. The van der Waals surface area contributed by atoms with E-state index in [0.29, 0.717) is 19.8 Å². The molecule has 3 aromatic carbocycles. The van der Waals surface area contributed by atoms with Crippen molar-refractivity contribution in [2.24, 2.45) is 0 Å². The molecule has 43 heavy (non-hydrogen) atoms. The lowest BCUT2D eigenvalue weighted by atomic mass is 9.84. The number of aliphatic hydroxyl groups is 1. The van der Waals surface area contributed by atoms with E-state index in [1.54, 1.807) is 6.08 Å². The first-order valence-corrected chi connectivity index (χ1v) is 18.1. The fraction of sp³-hybridized carbons (Fsp3) is 0.444. The van der Waals surface area contributed by atoms with E-state index in [9.17, 15) is 5.11 Å². The molecule has 7 heteroatoms. The molecule has 1 fully saturated rings. The largest absolute Gasteiger partial charge is 0.408 e. The molecule has 0 unspecified atom stereocenters. The minimum atomic E-state index is -2.36. The maximum atomic E-state index is 12.1. The summed E-state index contributed by atoms with van der Waals surface area (Å²) in [5.41, 5.74) is 3.05. The van der Waals surface area contributed by atoms with Crippen LogP contribution in [0, 0.1) is 0 Å². The maximum absolute atomic E-state index is 12.1. The monoisotopic (exact) mass is 604 g/mol. The standard InChI is InChI=1S/C36H48O6Si/c1-7-23-38-34-32(42-43(5,6)36(2,3)4)30(37)31(39-24-27-17-11-8-12-18-27)33(40-25-28-19-13-9-14-20-28)35(34)41-26-29-21-15-10-16-22-29/h7-22,30-35,37H,1,23-26H2,2-6H3/t30-,31+,32-,33+,34-,35+/m1/s1. The maximum Gasteiger partial charge on any atom is 0.192 e. The molecule has 0 bridgehead atoms. The van der Waals surface area contributed by atoms with E-state index in [0.717, 1.165) is 16.7 Å². The molecule has 0 spiro atoms. The molecular formula is C36H48O6Si. The molecule has 4 rings (SSSR count). The van der Waals surface area contributed by atoms with E-state index < -0.39 is 44.9 Å². The van der Waals surface area contributed by atoms with Gasteiger partial charge in [0.05, 0.1) is 26.4 Å². The summed E-state index contributed by atoms with van der Waals surface area (Å²) in [4.78, 5) is 0. The average molecular weight is 605 g/mol. The molecule has 1 N–H and O–H groups in total. The highest BCUT2D eigenvalue weighted by Gasteiger charge is 2.56. The number of aliphatic hydroxyl groups excluding tert-OH is 1. The van der Waals surface area contributed by atoms with Crippen LogP contribution in [0.15, 0.2) is 104 Å². The number of ether oxygens (including phenoxy) is 4. The molecule has 1 aliphatic carbocycles. The van der Waals surface area contributed by atoms with Gasteiger partial charge in [-0.25, -0.2) is 0 Å². The van der Waals surface area contributed by atoms with Crippen molar-refractivity contribution in [3.05, 3.63) is 120 Å². The molecule has 0 aliphatic heterocycles. The minimum absolute atomic E-state index is 0.0862. The molecule has 0 saturated heterocycles. The Kier molecular flexibility index (Phi) is 11.9. The summed E-state index contributed by atoms with van der Waals surface area (Å²) >= 11 is 0. The van der Waals surface area contributed by atoms with Gasteiger partial charge in [-0.2, -0.15) is 0 Å². The molecule has 6 nitrogen and oxygen atoms in total. The summed E-state index contributed by atoms with van der Waals surface area (Å²) in [5.74, 6) is 0. The van der Waals surface area contributed by atoms with E-state index in [4.69, 9.17) is 23.4 Å². The third-order valence-electron chi connectivity index (χ3n) is 8.47. The zero-order valence-corrected chi connectivity index (χ0v) is 27.2. The second-order valence-corrected chi connectivity index (χ2v) is 17.5. The van der Waals surface area contributed by atoms with Crippen LogP contribution in [0.25, 0.3) is 0 Å². The number of hydrogen-bond acceptors (Lipinski definition) is 6. The van der Waals surface area contributed by atoms with Crippen molar-refractivity contribution in [1.82, 2.24) is 0 Å². The van der Waals surface area contributed by atoms with Gasteiger partial charge in [-0.1, -0.05) is 118 Å². The van der Waals surface area contributed by atoms with Gasteiger partial charge < -0.3 is 28.5 Å². The highest BCUT2D eigenvalue weighted by atomic mass is 28.4. The lowest BCUT2D eigenvalue weighted by Gasteiger charge is -2.51. The summed E-state index contributed by atoms with van der Waals surface area (Å²) in [6.07, 6.45) is -2.60. The van der Waals surface area contributed by atoms with Gasteiger partial charge in [0.2, 0.25) is 0 Å². The first-order valence-electron chi connectivity index (χ1n) is 15.2. The van der Waals surface area contributed by atoms with Gasteiger partial charge in [0.1, 0.15) is 36.6 Å². The van der Waals surface area contributed by atoms with Gasteiger partial charge in [-0.3, -0.25) is 0 Å². The van der Waals surface area contributed by atoms with E-state index in [1.807, 2.05) is 91.0 Å². The summed E-state index contributed by atoms with van der Waals surface area (Å²) in [5, 5.41) is 12.0. The number of hydrogen-bond donors (Lipinski definition) is 1. The first-order chi connectivity index (χ1) is 20.6. The Morgan fingerprint density at radius 2 is 1.00 bits per heavy atom. The van der Waals surface area contributed by atoms with Crippen molar-refractivity contribution in [1.29, 1.82) is 0 Å². The lowest BCUT2D eigenvalue weighted by Crippen LogP contribution is -2.68. The third kappa shape index (κ3) is 8.96. The van der Waals surface area contributed by atoms with E-state index in [-0.39, 0.29) is 11.6 Å². The van der Waals surface area contributed by atoms with Crippen LogP contribution in [0.5, 0.6) is 0 Å². The van der Waals surface area contributed by atoms with Crippen molar-refractivity contribution < 1.29 is 28.5 Å². The minimum Gasteiger partial charge on any atom is -0.408 e. The second kappa shape index (κ2) is 15.4. The molecule has 3 aromatic rings. The normalized spacial score (nSPS) is 24.5. The molecular weight excluding hydrogens is 556 g/mol. The fourth-order valence-electron chi connectivity index (χ4n) is 5.03. The van der Waals surface area contributed by atoms with Gasteiger partial charge in [0, 0.05) is 0 Å². The van der Waals surface area contributed by atoms with Crippen LogP contribution in [0.4, 0.5) is 0 Å². The Hall–Kier alpha value is -2.62. The highest BCUT2D eigenvalue weighted by Crippen LogP contribution is 2.41. The van der Waals surface area contributed by atoms with E-state index >= 15 is 0 Å². The molecule has 0 aromatic heterocycles. The van der Waals surface area contributed by atoms with Crippen molar-refractivity contribution >= 4 is 8.32 Å². The number of benzene rings is 3. The van der Waals surface area contributed by atoms with Gasteiger partial charge in [0.25, 0.3) is 0 Å². The Morgan fingerprint density at radius 3 is 1.40 bits per heavy atom.